The predicted octanol–water partition coefficient (Wildman–Crippen LogP) is 1.23. The van der Waals surface area contributed by atoms with Crippen LogP contribution in [0.5, 0.6) is 0 Å². The van der Waals surface area contributed by atoms with Crippen LogP contribution in [-0.4, -0.2) is 105 Å². The number of primary amides is 1. The lowest BCUT2D eigenvalue weighted by Crippen LogP contribution is -2.56. The van der Waals surface area contributed by atoms with Crippen molar-refractivity contribution in [3.8, 4) is 0 Å². The van der Waals surface area contributed by atoms with Crippen molar-refractivity contribution in [2.45, 2.75) is 140 Å². The summed E-state index contributed by atoms with van der Waals surface area (Å²) in [4.78, 5) is 101. The Labute approximate surface area is 338 Å². The van der Waals surface area contributed by atoms with Crippen LogP contribution in [0, 0.1) is 0 Å². The van der Waals surface area contributed by atoms with Crippen molar-refractivity contribution in [1.29, 1.82) is 0 Å². The SMILES string of the molecule is CC(=O)NCCCC[C@H](NC(=O)[C@H](CCCCNC(=O)CCCCCCCSc1nc2ncnc(N)c2[nH]1)NC(=O)[C@H](CCCCNC(C)=O)NC(C)=O)C(N)=O. The van der Waals surface area contributed by atoms with Gasteiger partial charge in [-0.05, 0) is 70.6 Å². The van der Waals surface area contributed by atoms with E-state index in [9.17, 15) is 33.6 Å². The molecule has 2 rings (SSSR count). The van der Waals surface area contributed by atoms with Gasteiger partial charge in [0.15, 0.2) is 16.6 Å². The van der Waals surface area contributed by atoms with E-state index in [2.05, 4.69) is 51.8 Å². The second-order valence-corrected chi connectivity index (χ2v) is 15.0. The predicted molar refractivity (Wildman–Crippen MR) is 217 cm³/mol. The van der Waals surface area contributed by atoms with E-state index in [-0.39, 0.29) is 37.0 Å². The number of aromatic nitrogens is 4. The summed E-state index contributed by atoms with van der Waals surface area (Å²) < 4.78 is 0. The van der Waals surface area contributed by atoms with Crippen molar-refractivity contribution in [3.63, 3.8) is 0 Å². The summed E-state index contributed by atoms with van der Waals surface area (Å²) in [6.45, 7) is 5.33. The van der Waals surface area contributed by atoms with Gasteiger partial charge in [-0.3, -0.25) is 33.6 Å². The Kier molecular flexibility index (Phi) is 23.3. The largest absolute Gasteiger partial charge is 0.382 e. The third-order valence-corrected chi connectivity index (χ3v) is 9.86. The first-order valence-electron chi connectivity index (χ1n) is 19.8. The smallest absolute Gasteiger partial charge is 0.243 e. The average Bonchev–Trinajstić information content (AvgIpc) is 3.57. The van der Waals surface area contributed by atoms with E-state index < -0.39 is 41.8 Å². The van der Waals surface area contributed by atoms with Gasteiger partial charge >= 0.3 is 0 Å². The number of fused-ring (bicyclic) bond motifs is 1. The molecule has 0 aromatic carbocycles. The van der Waals surface area contributed by atoms with Crippen LogP contribution in [0.3, 0.4) is 0 Å². The molecule has 20 heteroatoms. The minimum Gasteiger partial charge on any atom is -0.382 e. The van der Waals surface area contributed by atoms with Gasteiger partial charge in [0.05, 0.1) is 0 Å². The molecule has 0 aliphatic rings. The zero-order chi connectivity index (χ0) is 42.0. The van der Waals surface area contributed by atoms with Crippen LogP contribution < -0.4 is 43.4 Å². The van der Waals surface area contributed by atoms with Crippen LogP contribution in [0.4, 0.5) is 5.82 Å². The lowest BCUT2D eigenvalue weighted by Gasteiger charge is -2.25. The number of hydrogen-bond acceptors (Lipinski definition) is 12. The van der Waals surface area contributed by atoms with Crippen LogP contribution in [-0.2, 0) is 33.6 Å². The summed E-state index contributed by atoms with van der Waals surface area (Å²) in [5, 5.41) is 17.1. The molecule has 0 aliphatic carbocycles. The molecular formula is C37H62N12O7S. The van der Waals surface area contributed by atoms with Gasteiger partial charge in [0.2, 0.25) is 41.4 Å². The Bertz CT molecular complexity index is 1610. The summed E-state index contributed by atoms with van der Waals surface area (Å²) in [7, 11) is 0. The highest BCUT2D eigenvalue weighted by Gasteiger charge is 2.28. The fraction of sp³-hybridized carbons (Fsp3) is 0.676. The van der Waals surface area contributed by atoms with E-state index in [4.69, 9.17) is 11.5 Å². The highest BCUT2D eigenvalue weighted by atomic mass is 32.2. The molecule has 0 aliphatic heterocycles. The van der Waals surface area contributed by atoms with Gasteiger partial charge < -0.3 is 48.4 Å². The number of carbonyl (C=O) groups excluding carboxylic acids is 7. The number of hydrogen-bond donors (Lipinski definition) is 9. The van der Waals surface area contributed by atoms with E-state index in [1.165, 1.54) is 27.1 Å². The maximum Gasteiger partial charge on any atom is 0.243 e. The monoisotopic (exact) mass is 818 g/mol. The van der Waals surface area contributed by atoms with Crippen LogP contribution in [0.2, 0.25) is 0 Å². The molecule has 3 atom stereocenters. The number of nitrogens with one attached hydrogen (secondary N) is 7. The van der Waals surface area contributed by atoms with Crippen molar-refractivity contribution in [2.75, 3.05) is 31.1 Å². The number of anilines is 1. The first-order valence-corrected chi connectivity index (χ1v) is 20.8. The molecule has 0 saturated heterocycles. The van der Waals surface area contributed by atoms with Crippen LogP contribution >= 0.6 is 11.8 Å². The van der Waals surface area contributed by atoms with Crippen LogP contribution in [0.15, 0.2) is 11.5 Å². The number of nitrogen functional groups attached to an aromatic ring is 1. The maximum absolute atomic E-state index is 13.5. The number of imidazole rings is 1. The molecule has 57 heavy (non-hydrogen) atoms. The Morgan fingerprint density at radius 2 is 1.18 bits per heavy atom. The van der Waals surface area contributed by atoms with Crippen molar-refractivity contribution in [2.24, 2.45) is 5.73 Å². The maximum atomic E-state index is 13.5. The minimum atomic E-state index is -1.05. The van der Waals surface area contributed by atoms with Gasteiger partial charge in [0.1, 0.15) is 30.0 Å². The summed E-state index contributed by atoms with van der Waals surface area (Å²) in [6.07, 6.45) is 10.4. The number of unbranched alkanes of at least 4 members (excludes halogenated alkanes) is 7. The summed E-state index contributed by atoms with van der Waals surface area (Å²) in [5.41, 5.74) is 12.6. The van der Waals surface area contributed by atoms with Gasteiger partial charge in [0.25, 0.3) is 0 Å². The number of aromatic amines is 1. The molecule has 2 aromatic rings. The topological polar surface area (TPSA) is 298 Å². The number of rotatable bonds is 30. The van der Waals surface area contributed by atoms with E-state index in [1.54, 1.807) is 11.8 Å². The van der Waals surface area contributed by atoms with Crippen molar-refractivity contribution >= 4 is 70.1 Å². The van der Waals surface area contributed by atoms with Gasteiger partial charge in [-0.1, -0.05) is 31.0 Å². The Hall–Kier alpha value is -5.01. The fourth-order valence-corrected chi connectivity index (χ4v) is 6.73. The van der Waals surface area contributed by atoms with Gasteiger partial charge in [0, 0.05) is 52.6 Å². The first-order chi connectivity index (χ1) is 27.3. The highest BCUT2D eigenvalue weighted by molar-refractivity contribution is 7.99. The van der Waals surface area contributed by atoms with Gasteiger partial charge in [-0.2, -0.15) is 0 Å². The van der Waals surface area contributed by atoms with Gasteiger partial charge in [-0.15, -0.1) is 0 Å². The molecule has 19 nitrogen and oxygen atoms in total. The number of carbonyl (C=O) groups is 7. The van der Waals surface area contributed by atoms with E-state index in [0.29, 0.717) is 81.6 Å². The number of H-pyrrole nitrogens is 1. The summed E-state index contributed by atoms with van der Waals surface area (Å²) >= 11 is 1.61. The number of nitrogens with two attached hydrogens (primary N) is 2. The van der Waals surface area contributed by atoms with E-state index in [0.717, 1.165) is 43.0 Å². The summed E-state index contributed by atoms with van der Waals surface area (Å²) in [5.74, 6) is -1.44. The molecule has 0 spiro atoms. The molecule has 0 fully saturated rings. The van der Waals surface area contributed by atoms with Gasteiger partial charge in [-0.25, -0.2) is 15.0 Å². The lowest BCUT2D eigenvalue weighted by atomic mass is 10.0. The molecule has 2 aromatic heterocycles. The molecule has 2 heterocycles. The van der Waals surface area contributed by atoms with Crippen molar-refractivity contribution in [1.82, 2.24) is 51.8 Å². The lowest BCUT2D eigenvalue weighted by molar-refractivity contribution is -0.133. The molecular weight excluding hydrogens is 757 g/mol. The van der Waals surface area contributed by atoms with Crippen LogP contribution in [0.1, 0.15) is 117 Å². The molecule has 11 N–H and O–H groups in total. The number of amides is 7. The van der Waals surface area contributed by atoms with Crippen molar-refractivity contribution < 1.29 is 33.6 Å². The third kappa shape index (κ3) is 21.2. The third-order valence-electron chi connectivity index (χ3n) is 8.90. The van der Waals surface area contributed by atoms with E-state index in [1.807, 2.05) is 0 Å². The molecule has 0 radical (unpaired) electrons. The fourth-order valence-electron chi connectivity index (χ4n) is 5.86. The highest BCUT2D eigenvalue weighted by Crippen LogP contribution is 2.22. The zero-order valence-corrected chi connectivity index (χ0v) is 34.3. The molecule has 0 saturated carbocycles. The quantitative estimate of drug-likeness (QED) is 0.0397. The molecule has 0 unspecified atom stereocenters. The zero-order valence-electron chi connectivity index (χ0n) is 33.5. The standard InChI is InChI=1S/C37H62N12O7S/c1-24(50)40-19-11-8-15-27(33(39)54)46-36(56)29(47-35(55)28(45-26(3)52)16-9-12-20-41-25(2)51)17-10-13-21-42-30(53)18-7-5-4-6-14-22-57-37-48-31-32(38)43-23-44-34(31)49-37/h23,27-29H,4-22H2,1-3H3,(H2,39,54)(H,40,50)(H,41,51)(H,42,53)(H,45,52)(H,46,56)(H,47,55)(H3,38,43,44,48,49)/t27-,28-,29-/m0/s1. The van der Waals surface area contributed by atoms with Crippen LogP contribution in [0.25, 0.3) is 11.2 Å². The second kappa shape index (κ2) is 27.6. The van der Waals surface area contributed by atoms with Crippen molar-refractivity contribution in [3.05, 3.63) is 6.33 Å². The number of nitrogens with zero attached hydrogens (tertiary/aromatic N) is 3. The average molecular weight is 819 g/mol. The summed E-state index contributed by atoms with van der Waals surface area (Å²) in [6, 6.07) is -2.96. The number of thioether (sulfide) groups is 1. The molecule has 0 bridgehead atoms. The Morgan fingerprint density at radius 1 is 0.649 bits per heavy atom. The Morgan fingerprint density at radius 3 is 1.74 bits per heavy atom. The molecule has 318 valence electrons. The Balaban J connectivity index is 1.80. The normalized spacial score (nSPS) is 12.5. The second-order valence-electron chi connectivity index (χ2n) is 13.9. The van der Waals surface area contributed by atoms with E-state index >= 15 is 0 Å². The first kappa shape index (κ1) is 48.1. The molecule has 7 amide bonds. The minimum absolute atomic E-state index is 0.0557.